The van der Waals surface area contributed by atoms with Crippen molar-refractivity contribution >= 4 is 36.7 Å². The van der Waals surface area contributed by atoms with Crippen LogP contribution in [0.4, 0.5) is 10.5 Å². The second-order valence-corrected chi connectivity index (χ2v) is 8.59. The number of rotatable bonds is 9. The molecule has 9 heteroatoms. The molecule has 1 unspecified atom stereocenters. The highest BCUT2D eigenvalue weighted by Gasteiger charge is 2.11. The molecule has 0 aliphatic carbocycles. The molecule has 0 bridgehead atoms. The average Bonchev–Trinajstić information content (AvgIpc) is 2.49. The smallest absolute Gasteiger partial charge is 0.414 e. The van der Waals surface area contributed by atoms with Gasteiger partial charge in [-0.2, -0.15) is 0 Å². The first-order valence-electron chi connectivity index (χ1n) is 7.88. The highest BCUT2D eigenvalue weighted by atomic mass is 35.5. The molecule has 0 fully saturated rings. The Morgan fingerprint density at radius 2 is 2.04 bits per heavy atom. The first kappa shape index (κ1) is 21.5. The summed E-state index contributed by atoms with van der Waals surface area (Å²) in [4.78, 5) is 32.2. The molecule has 1 aromatic rings. The van der Waals surface area contributed by atoms with Crippen LogP contribution in [0, 0.1) is 0 Å². The fourth-order valence-corrected chi connectivity index (χ4v) is 2.88. The highest BCUT2D eigenvalue weighted by molar-refractivity contribution is 7.57. The van der Waals surface area contributed by atoms with Gasteiger partial charge in [-0.3, -0.25) is 14.7 Å². The summed E-state index contributed by atoms with van der Waals surface area (Å²) in [7, 11) is -3.03. The van der Waals surface area contributed by atoms with E-state index in [2.05, 4.69) is 5.32 Å². The lowest BCUT2D eigenvalue weighted by molar-refractivity contribution is -0.151. The van der Waals surface area contributed by atoms with Crippen molar-refractivity contribution < 1.29 is 28.5 Å². The SMILES string of the molecule is CCCC(=O)OCOC(=O)Nc1cc(CCCP(C)(=O)O)ccc1Cl. The van der Waals surface area contributed by atoms with Gasteiger partial charge in [0, 0.05) is 19.2 Å². The molecule has 0 aromatic heterocycles. The van der Waals surface area contributed by atoms with Crippen LogP contribution < -0.4 is 5.32 Å². The number of hydrogen-bond acceptors (Lipinski definition) is 5. The van der Waals surface area contributed by atoms with Crippen LogP contribution in [0.25, 0.3) is 0 Å². The minimum atomic E-state index is -3.03. The third kappa shape index (κ3) is 9.48. The van der Waals surface area contributed by atoms with Crippen LogP contribution in [0.15, 0.2) is 18.2 Å². The molecule has 0 saturated carbocycles. The molecule has 0 radical (unpaired) electrons. The standard InChI is InChI=1S/C16H23ClNO6P/c1-3-5-15(19)23-11-24-16(20)18-14-10-12(7-8-13(14)17)6-4-9-25(2,21)22/h7-8,10H,3-6,9,11H2,1-2H3,(H,18,20)(H,21,22). The van der Waals surface area contributed by atoms with Gasteiger partial charge in [-0.1, -0.05) is 24.6 Å². The average molecular weight is 392 g/mol. The van der Waals surface area contributed by atoms with Crippen molar-refractivity contribution in [2.45, 2.75) is 32.6 Å². The van der Waals surface area contributed by atoms with Crippen LogP contribution in [0.3, 0.4) is 0 Å². The molecule has 1 amide bonds. The van der Waals surface area contributed by atoms with Gasteiger partial charge in [0.2, 0.25) is 6.79 Å². The number of carbonyl (C=O) groups is 2. The lowest BCUT2D eigenvalue weighted by Gasteiger charge is -2.11. The Balaban J connectivity index is 2.51. The minimum Gasteiger partial charge on any atom is -0.428 e. The van der Waals surface area contributed by atoms with Gasteiger partial charge in [0.15, 0.2) is 7.37 Å². The molecule has 1 atom stereocenters. The monoisotopic (exact) mass is 391 g/mol. The number of nitrogens with one attached hydrogen (secondary N) is 1. The van der Waals surface area contributed by atoms with Crippen molar-refractivity contribution in [1.82, 2.24) is 0 Å². The van der Waals surface area contributed by atoms with Crippen LogP contribution in [-0.4, -0.2) is 36.6 Å². The van der Waals surface area contributed by atoms with E-state index >= 15 is 0 Å². The van der Waals surface area contributed by atoms with E-state index in [-0.39, 0.29) is 12.6 Å². The molecule has 25 heavy (non-hydrogen) atoms. The van der Waals surface area contributed by atoms with Gasteiger partial charge in [0.05, 0.1) is 10.7 Å². The summed E-state index contributed by atoms with van der Waals surface area (Å²) in [6.45, 7) is 2.69. The predicted molar refractivity (Wildman–Crippen MR) is 96.4 cm³/mol. The molecule has 1 aromatic carbocycles. The van der Waals surface area contributed by atoms with Crippen molar-refractivity contribution in [3.8, 4) is 0 Å². The van der Waals surface area contributed by atoms with E-state index < -0.39 is 26.2 Å². The Kier molecular flexibility index (Phi) is 8.97. The number of hydrogen-bond donors (Lipinski definition) is 2. The second kappa shape index (κ2) is 10.4. The van der Waals surface area contributed by atoms with Gasteiger partial charge >= 0.3 is 12.1 Å². The van der Waals surface area contributed by atoms with Gasteiger partial charge in [-0.15, -0.1) is 0 Å². The van der Waals surface area contributed by atoms with E-state index in [4.69, 9.17) is 21.1 Å². The number of halogens is 1. The topological polar surface area (TPSA) is 102 Å². The molecule has 2 N–H and O–H groups in total. The highest BCUT2D eigenvalue weighted by Crippen LogP contribution is 2.36. The van der Waals surface area contributed by atoms with Crippen molar-refractivity contribution in [2.75, 3.05) is 24.9 Å². The normalized spacial score (nSPS) is 13.0. The summed E-state index contributed by atoms with van der Waals surface area (Å²) in [6, 6.07) is 5.08. The van der Waals surface area contributed by atoms with Crippen LogP contribution in [0.1, 0.15) is 31.7 Å². The Bertz CT molecular complexity index is 646. The molecular formula is C16H23ClNO6P. The van der Waals surface area contributed by atoms with Crippen LogP contribution in [0.2, 0.25) is 5.02 Å². The van der Waals surface area contributed by atoms with Crippen LogP contribution >= 0.6 is 19.0 Å². The quantitative estimate of drug-likeness (QED) is 0.374. The summed E-state index contributed by atoms with van der Waals surface area (Å²) in [6.07, 6.45) is 1.46. The van der Waals surface area contributed by atoms with Gasteiger partial charge in [-0.05, 0) is 37.0 Å². The maximum absolute atomic E-state index is 11.7. The Morgan fingerprint density at radius 1 is 1.32 bits per heavy atom. The second-order valence-electron chi connectivity index (χ2n) is 5.63. The van der Waals surface area contributed by atoms with Crippen LogP contribution in [0.5, 0.6) is 0 Å². The number of carbonyl (C=O) groups excluding carboxylic acids is 2. The zero-order chi connectivity index (χ0) is 18.9. The van der Waals surface area contributed by atoms with Gasteiger partial charge in [0.25, 0.3) is 0 Å². The van der Waals surface area contributed by atoms with E-state index in [9.17, 15) is 19.0 Å². The third-order valence-corrected chi connectivity index (χ3v) is 4.65. The van der Waals surface area contributed by atoms with Crippen molar-refractivity contribution in [3.63, 3.8) is 0 Å². The zero-order valence-electron chi connectivity index (χ0n) is 14.3. The molecule has 0 aliphatic rings. The Hall–Kier alpha value is -1.56. The Labute approximate surface area is 152 Å². The lowest BCUT2D eigenvalue weighted by atomic mass is 10.1. The lowest BCUT2D eigenvalue weighted by Crippen LogP contribution is -2.17. The number of benzene rings is 1. The molecule has 0 saturated heterocycles. The minimum absolute atomic E-state index is 0.226. The fraction of sp³-hybridized carbons (Fsp3) is 0.500. The number of aryl methyl sites for hydroxylation is 1. The number of esters is 1. The van der Waals surface area contributed by atoms with E-state index in [0.717, 1.165) is 5.56 Å². The zero-order valence-corrected chi connectivity index (χ0v) is 15.9. The van der Waals surface area contributed by atoms with Gasteiger partial charge < -0.3 is 14.4 Å². The van der Waals surface area contributed by atoms with Gasteiger partial charge in [-0.25, -0.2) is 4.79 Å². The number of amides is 1. The number of ether oxygens (including phenoxy) is 2. The van der Waals surface area contributed by atoms with Crippen molar-refractivity contribution in [1.29, 1.82) is 0 Å². The molecule has 0 spiro atoms. The fourth-order valence-electron chi connectivity index (χ4n) is 1.97. The molecular weight excluding hydrogens is 369 g/mol. The van der Waals surface area contributed by atoms with Gasteiger partial charge in [0.1, 0.15) is 0 Å². The van der Waals surface area contributed by atoms with E-state index in [1.54, 1.807) is 18.2 Å². The summed E-state index contributed by atoms with van der Waals surface area (Å²) >= 11 is 6.03. The molecule has 0 heterocycles. The first-order valence-corrected chi connectivity index (χ1v) is 10.6. The largest absolute Gasteiger partial charge is 0.428 e. The molecule has 0 aliphatic heterocycles. The molecule has 1 rings (SSSR count). The Morgan fingerprint density at radius 3 is 2.68 bits per heavy atom. The summed E-state index contributed by atoms with van der Waals surface area (Å²) in [5, 5.41) is 2.80. The number of anilines is 1. The first-order chi connectivity index (χ1) is 11.7. The van der Waals surface area contributed by atoms with E-state index in [0.29, 0.717) is 30.0 Å². The van der Waals surface area contributed by atoms with Crippen molar-refractivity contribution in [3.05, 3.63) is 28.8 Å². The third-order valence-electron chi connectivity index (χ3n) is 3.17. The predicted octanol–water partition coefficient (Wildman–Crippen LogP) is 4.02. The van der Waals surface area contributed by atoms with Crippen LogP contribution in [-0.2, 0) is 25.3 Å². The summed E-state index contributed by atoms with van der Waals surface area (Å²) < 4.78 is 20.8. The summed E-state index contributed by atoms with van der Waals surface area (Å²) in [5.74, 6) is -0.438. The van der Waals surface area contributed by atoms with E-state index in [1.807, 2.05) is 6.92 Å². The maximum atomic E-state index is 11.7. The summed E-state index contributed by atoms with van der Waals surface area (Å²) in [5.41, 5.74) is 1.22. The molecule has 140 valence electrons. The molecule has 7 nitrogen and oxygen atoms in total. The maximum Gasteiger partial charge on any atom is 0.414 e. The van der Waals surface area contributed by atoms with Crippen molar-refractivity contribution in [2.24, 2.45) is 0 Å². The van der Waals surface area contributed by atoms with E-state index in [1.165, 1.54) is 6.66 Å².